The molecule has 1 aromatic rings. The fraction of sp³-hybridized carbons (Fsp3) is 0.611. The van der Waals surface area contributed by atoms with Crippen LogP contribution in [0.25, 0.3) is 0 Å². The minimum atomic E-state index is -1.51. The summed E-state index contributed by atoms with van der Waals surface area (Å²) in [6.45, 7) is 7.32. The van der Waals surface area contributed by atoms with Gasteiger partial charge in [-0.2, -0.15) is 0 Å². The summed E-state index contributed by atoms with van der Waals surface area (Å²) < 4.78 is 25.5. The van der Waals surface area contributed by atoms with Gasteiger partial charge in [-0.05, 0) is 25.5 Å². The molecule has 0 bridgehead atoms. The number of hydrogen-bond donors (Lipinski definition) is 2. The number of ether oxygens (including phenoxy) is 2. The maximum absolute atomic E-state index is 14.7. The molecule has 7 heteroatoms. The Labute approximate surface area is 146 Å². The van der Waals surface area contributed by atoms with Crippen molar-refractivity contribution in [3.05, 3.63) is 29.3 Å². The molecular formula is C18H25FN2O4. The van der Waals surface area contributed by atoms with Crippen molar-refractivity contribution in [2.24, 2.45) is 0 Å². The molecule has 2 aliphatic heterocycles. The number of nitrogens with zero attached hydrogens (tertiary/aromatic N) is 1. The Balaban J connectivity index is 1.88. The number of halogens is 1. The highest BCUT2D eigenvalue weighted by molar-refractivity contribution is 5.76. The highest BCUT2D eigenvalue weighted by atomic mass is 19.1. The summed E-state index contributed by atoms with van der Waals surface area (Å²) in [6.07, 6.45) is 0. The van der Waals surface area contributed by atoms with Crippen LogP contribution in [0.5, 0.6) is 5.75 Å². The summed E-state index contributed by atoms with van der Waals surface area (Å²) in [7, 11) is 0. The number of carboxylic acids is 1. The number of benzene rings is 1. The van der Waals surface area contributed by atoms with Gasteiger partial charge in [0.2, 0.25) is 0 Å². The number of carboxylic acid groups (broad SMARTS) is 1. The van der Waals surface area contributed by atoms with Crippen molar-refractivity contribution in [3.8, 4) is 5.75 Å². The smallest absolute Gasteiger partial charge is 0.347 e. The van der Waals surface area contributed by atoms with E-state index in [0.29, 0.717) is 17.9 Å². The van der Waals surface area contributed by atoms with Crippen molar-refractivity contribution in [2.75, 3.05) is 39.4 Å². The van der Waals surface area contributed by atoms with E-state index in [4.69, 9.17) is 9.47 Å². The molecule has 0 unspecified atom stereocenters. The molecule has 2 N–H and O–H groups in total. The summed E-state index contributed by atoms with van der Waals surface area (Å²) in [4.78, 5) is 13.7. The average Bonchev–Trinajstić information content (AvgIpc) is 2.55. The fourth-order valence-electron chi connectivity index (χ4n) is 2.94. The standard InChI is InChI=1S/C18H25FN2O4/c1-17(2,16(22)23)25-15-9-14(18(19)11-24-12-18)4-3-13(15)10-21-7-5-20-6-8-21/h3-4,9,20H,5-8,10-12H2,1-2H3,(H,22,23). The number of rotatable bonds is 6. The second-order valence-electron chi connectivity index (χ2n) is 7.22. The van der Waals surface area contributed by atoms with Gasteiger partial charge in [-0.1, -0.05) is 12.1 Å². The van der Waals surface area contributed by atoms with E-state index in [1.165, 1.54) is 13.8 Å². The van der Waals surface area contributed by atoms with Crippen LogP contribution < -0.4 is 10.1 Å². The summed E-state index contributed by atoms with van der Waals surface area (Å²) in [5, 5.41) is 12.7. The van der Waals surface area contributed by atoms with Gasteiger partial charge in [-0.25, -0.2) is 9.18 Å². The molecule has 2 aliphatic rings. The first-order valence-electron chi connectivity index (χ1n) is 8.56. The van der Waals surface area contributed by atoms with Crippen molar-refractivity contribution >= 4 is 5.97 Å². The zero-order valence-corrected chi connectivity index (χ0v) is 14.7. The molecule has 1 aromatic carbocycles. The van der Waals surface area contributed by atoms with Gasteiger partial charge in [0.05, 0.1) is 13.2 Å². The highest BCUT2D eigenvalue weighted by Crippen LogP contribution is 2.37. The zero-order valence-electron chi connectivity index (χ0n) is 14.7. The normalized spacial score (nSPS) is 20.8. The maximum Gasteiger partial charge on any atom is 0.347 e. The SMILES string of the molecule is CC(C)(Oc1cc(C2(F)COC2)ccc1CN1CCNCC1)C(=O)O. The number of carbonyl (C=O) groups is 1. The average molecular weight is 352 g/mol. The number of aliphatic carboxylic acids is 1. The third-order valence-electron chi connectivity index (χ3n) is 4.73. The van der Waals surface area contributed by atoms with Gasteiger partial charge < -0.3 is 19.9 Å². The Morgan fingerprint density at radius 3 is 2.64 bits per heavy atom. The van der Waals surface area contributed by atoms with Crippen LogP contribution in [0, 0.1) is 0 Å². The zero-order chi connectivity index (χ0) is 18.1. The van der Waals surface area contributed by atoms with E-state index < -0.39 is 17.2 Å². The van der Waals surface area contributed by atoms with Gasteiger partial charge in [0.25, 0.3) is 0 Å². The van der Waals surface area contributed by atoms with Crippen LogP contribution in [0.4, 0.5) is 4.39 Å². The van der Waals surface area contributed by atoms with Gasteiger partial charge >= 0.3 is 5.97 Å². The first kappa shape index (κ1) is 18.1. The van der Waals surface area contributed by atoms with Crippen LogP contribution in [-0.4, -0.2) is 61.0 Å². The van der Waals surface area contributed by atoms with E-state index >= 15 is 0 Å². The summed E-state index contributed by atoms with van der Waals surface area (Å²) in [6, 6.07) is 5.22. The number of alkyl halides is 1. The Morgan fingerprint density at radius 2 is 2.08 bits per heavy atom. The molecule has 2 fully saturated rings. The third-order valence-corrected chi connectivity index (χ3v) is 4.73. The second-order valence-corrected chi connectivity index (χ2v) is 7.22. The minimum Gasteiger partial charge on any atom is -0.478 e. The van der Waals surface area contributed by atoms with E-state index in [-0.39, 0.29) is 13.2 Å². The highest BCUT2D eigenvalue weighted by Gasteiger charge is 2.41. The van der Waals surface area contributed by atoms with Crippen molar-refractivity contribution < 1.29 is 23.8 Å². The Morgan fingerprint density at radius 1 is 1.40 bits per heavy atom. The predicted molar refractivity (Wildman–Crippen MR) is 90.5 cm³/mol. The van der Waals surface area contributed by atoms with Gasteiger partial charge in [-0.15, -0.1) is 0 Å². The second kappa shape index (κ2) is 6.90. The lowest BCUT2D eigenvalue weighted by Gasteiger charge is -2.35. The van der Waals surface area contributed by atoms with Crippen molar-refractivity contribution in [2.45, 2.75) is 31.7 Å². The molecule has 0 spiro atoms. The van der Waals surface area contributed by atoms with Crippen molar-refractivity contribution in [1.82, 2.24) is 10.2 Å². The van der Waals surface area contributed by atoms with E-state index in [1.807, 2.05) is 6.07 Å². The molecule has 3 rings (SSSR count). The lowest BCUT2D eigenvalue weighted by atomic mass is 9.92. The van der Waals surface area contributed by atoms with Gasteiger partial charge in [0.1, 0.15) is 5.75 Å². The first-order chi connectivity index (χ1) is 11.8. The Hall–Kier alpha value is -1.70. The van der Waals surface area contributed by atoms with Gasteiger partial charge in [0, 0.05) is 38.3 Å². The molecule has 2 saturated heterocycles. The van der Waals surface area contributed by atoms with E-state index in [1.54, 1.807) is 12.1 Å². The number of hydrogen-bond acceptors (Lipinski definition) is 5. The molecule has 138 valence electrons. The van der Waals surface area contributed by atoms with E-state index in [2.05, 4.69) is 10.2 Å². The van der Waals surface area contributed by atoms with E-state index in [0.717, 1.165) is 31.7 Å². The Kier molecular flexibility index (Phi) is 4.99. The minimum absolute atomic E-state index is 0.0197. The molecular weight excluding hydrogens is 327 g/mol. The van der Waals surface area contributed by atoms with Crippen LogP contribution in [0.3, 0.4) is 0 Å². The molecule has 0 aromatic heterocycles. The molecule has 0 atom stereocenters. The maximum atomic E-state index is 14.7. The van der Waals surface area contributed by atoms with Crippen LogP contribution in [0.2, 0.25) is 0 Å². The Bertz CT molecular complexity index is 640. The summed E-state index contributed by atoms with van der Waals surface area (Å²) in [5.41, 5.74) is -1.57. The molecule has 0 saturated carbocycles. The lowest BCUT2D eigenvalue weighted by molar-refractivity contribution is -0.152. The molecule has 25 heavy (non-hydrogen) atoms. The quantitative estimate of drug-likeness (QED) is 0.809. The third kappa shape index (κ3) is 3.94. The van der Waals surface area contributed by atoms with Crippen LogP contribution >= 0.6 is 0 Å². The van der Waals surface area contributed by atoms with Gasteiger partial charge in [-0.3, -0.25) is 4.90 Å². The fourth-order valence-corrected chi connectivity index (χ4v) is 2.94. The van der Waals surface area contributed by atoms with Crippen molar-refractivity contribution in [3.63, 3.8) is 0 Å². The molecule has 0 aliphatic carbocycles. The van der Waals surface area contributed by atoms with Gasteiger partial charge in [0.15, 0.2) is 11.3 Å². The molecule has 0 radical (unpaired) electrons. The predicted octanol–water partition coefficient (Wildman–Crippen LogP) is 1.53. The summed E-state index contributed by atoms with van der Waals surface area (Å²) >= 11 is 0. The lowest BCUT2D eigenvalue weighted by Crippen LogP contribution is -2.44. The number of nitrogens with one attached hydrogen (secondary N) is 1. The van der Waals surface area contributed by atoms with Crippen molar-refractivity contribution in [1.29, 1.82) is 0 Å². The number of piperazine rings is 1. The first-order valence-corrected chi connectivity index (χ1v) is 8.56. The van der Waals surface area contributed by atoms with Crippen LogP contribution in [0.15, 0.2) is 18.2 Å². The molecule has 2 heterocycles. The van der Waals surface area contributed by atoms with Crippen LogP contribution in [0.1, 0.15) is 25.0 Å². The summed E-state index contributed by atoms with van der Waals surface area (Å²) in [5.74, 6) is -0.639. The van der Waals surface area contributed by atoms with Crippen LogP contribution in [-0.2, 0) is 21.7 Å². The van der Waals surface area contributed by atoms with E-state index in [9.17, 15) is 14.3 Å². The topological polar surface area (TPSA) is 71.0 Å². The monoisotopic (exact) mass is 352 g/mol. The largest absolute Gasteiger partial charge is 0.478 e. The molecule has 0 amide bonds. The molecule has 6 nitrogen and oxygen atoms in total.